The number of rotatable bonds is 3. The molecule has 0 radical (unpaired) electrons. The maximum Gasteiger partial charge on any atom is 0.184 e. The predicted octanol–water partition coefficient (Wildman–Crippen LogP) is 0.460. The van der Waals surface area contributed by atoms with Gasteiger partial charge >= 0.3 is 0 Å². The SMILES string of the molecule is Cc1nc(CS(=O)(=O)C2CC2)c2c(n1)N1CCOCC1CO2. The number of ether oxygens (including phenoxy) is 2. The Kier molecular flexibility index (Phi) is 3.26. The molecule has 1 unspecified atom stereocenters. The fraction of sp³-hybridized carbons (Fsp3) is 0.714. The average Bonchev–Trinajstić information content (AvgIpc) is 3.31. The Labute approximate surface area is 129 Å². The van der Waals surface area contributed by atoms with E-state index in [1.54, 1.807) is 6.92 Å². The fourth-order valence-corrected chi connectivity index (χ4v) is 4.70. The van der Waals surface area contributed by atoms with Crippen LogP contribution in [0.4, 0.5) is 5.82 Å². The molecule has 1 saturated heterocycles. The molecule has 0 amide bonds. The van der Waals surface area contributed by atoms with Gasteiger partial charge in [0.1, 0.15) is 18.1 Å². The van der Waals surface area contributed by atoms with Gasteiger partial charge in [-0.25, -0.2) is 18.4 Å². The molecule has 1 aliphatic carbocycles. The van der Waals surface area contributed by atoms with Crippen LogP contribution in [0, 0.1) is 6.92 Å². The van der Waals surface area contributed by atoms with E-state index in [2.05, 4.69) is 14.9 Å². The highest BCUT2D eigenvalue weighted by Gasteiger charge is 2.39. The van der Waals surface area contributed by atoms with Crippen LogP contribution in [0.3, 0.4) is 0 Å². The van der Waals surface area contributed by atoms with E-state index in [1.165, 1.54) is 0 Å². The van der Waals surface area contributed by atoms with Gasteiger partial charge in [-0.2, -0.15) is 0 Å². The van der Waals surface area contributed by atoms with Crippen LogP contribution in [0.1, 0.15) is 24.4 Å². The van der Waals surface area contributed by atoms with E-state index >= 15 is 0 Å². The molecule has 0 aromatic carbocycles. The molecule has 2 fully saturated rings. The zero-order valence-corrected chi connectivity index (χ0v) is 13.3. The van der Waals surface area contributed by atoms with Crippen molar-refractivity contribution in [1.29, 1.82) is 0 Å². The molecule has 22 heavy (non-hydrogen) atoms. The molecule has 4 rings (SSSR count). The standard InChI is InChI=1S/C14H19N3O4S/c1-9-15-12(8-22(18,19)11-2-3-11)13-14(16-9)17-4-5-20-6-10(17)7-21-13/h10-11H,2-8H2,1H3. The monoisotopic (exact) mass is 325 g/mol. The number of hydrogen-bond acceptors (Lipinski definition) is 7. The minimum Gasteiger partial charge on any atom is -0.486 e. The summed E-state index contributed by atoms with van der Waals surface area (Å²) < 4.78 is 35.9. The maximum absolute atomic E-state index is 12.3. The van der Waals surface area contributed by atoms with Crippen LogP contribution < -0.4 is 9.64 Å². The zero-order chi connectivity index (χ0) is 15.3. The summed E-state index contributed by atoms with van der Waals surface area (Å²) in [6.45, 7) is 4.27. The van der Waals surface area contributed by atoms with Gasteiger partial charge in [0, 0.05) is 6.54 Å². The van der Waals surface area contributed by atoms with E-state index in [4.69, 9.17) is 9.47 Å². The largest absolute Gasteiger partial charge is 0.486 e. The molecular weight excluding hydrogens is 306 g/mol. The molecule has 120 valence electrons. The molecule has 0 bridgehead atoms. The molecule has 8 heteroatoms. The average molecular weight is 325 g/mol. The van der Waals surface area contributed by atoms with Crippen molar-refractivity contribution in [3.63, 3.8) is 0 Å². The van der Waals surface area contributed by atoms with Gasteiger partial charge in [0.2, 0.25) is 0 Å². The molecule has 1 aromatic rings. The molecule has 0 spiro atoms. The van der Waals surface area contributed by atoms with Crippen LogP contribution in [-0.4, -0.2) is 56.0 Å². The first-order chi connectivity index (χ1) is 10.5. The third kappa shape index (κ3) is 2.44. The Balaban J connectivity index is 1.73. The number of aryl methyl sites for hydroxylation is 1. The van der Waals surface area contributed by atoms with Gasteiger partial charge in [-0.3, -0.25) is 0 Å². The normalized spacial score (nSPS) is 24.4. The number of aromatic nitrogens is 2. The lowest BCUT2D eigenvalue weighted by atomic mass is 10.2. The molecule has 3 heterocycles. The molecule has 3 aliphatic rings. The molecule has 1 atom stereocenters. The van der Waals surface area contributed by atoms with E-state index in [0.717, 1.165) is 19.4 Å². The lowest BCUT2D eigenvalue weighted by Crippen LogP contribution is -2.51. The Morgan fingerprint density at radius 2 is 2.09 bits per heavy atom. The first-order valence-corrected chi connectivity index (χ1v) is 9.32. The summed E-state index contributed by atoms with van der Waals surface area (Å²) >= 11 is 0. The Morgan fingerprint density at radius 3 is 2.86 bits per heavy atom. The molecule has 2 aliphatic heterocycles. The lowest BCUT2D eigenvalue weighted by molar-refractivity contribution is 0.0692. The maximum atomic E-state index is 12.3. The quantitative estimate of drug-likeness (QED) is 0.798. The predicted molar refractivity (Wildman–Crippen MR) is 79.9 cm³/mol. The minimum absolute atomic E-state index is 0.0572. The first kappa shape index (κ1) is 14.2. The van der Waals surface area contributed by atoms with Crippen molar-refractivity contribution >= 4 is 15.7 Å². The van der Waals surface area contributed by atoms with Gasteiger partial charge in [-0.05, 0) is 19.8 Å². The third-order valence-corrected chi connectivity index (χ3v) is 6.48. The van der Waals surface area contributed by atoms with Gasteiger partial charge in [-0.15, -0.1) is 0 Å². The molecule has 1 aromatic heterocycles. The minimum atomic E-state index is -3.13. The van der Waals surface area contributed by atoms with Gasteiger partial charge in [0.15, 0.2) is 21.4 Å². The van der Waals surface area contributed by atoms with Gasteiger partial charge in [-0.1, -0.05) is 0 Å². The second-order valence-electron chi connectivity index (χ2n) is 6.11. The van der Waals surface area contributed by atoms with Crippen LogP contribution in [0.5, 0.6) is 5.75 Å². The van der Waals surface area contributed by atoms with E-state index < -0.39 is 9.84 Å². The zero-order valence-electron chi connectivity index (χ0n) is 12.5. The van der Waals surface area contributed by atoms with Crippen LogP contribution in [0.15, 0.2) is 0 Å². The second kappa shape index (κ2) is 5.06. The van der Waals surface area contributed by atoms with Gasteiger partial charge in [0.25, 0.3) is 0 Å². The van der Waals surface area contributed by atoms with Crippen molar-refractivity contribution < 1.29 is 17.9 Å². The highest BCUT2D eigenvalue weighted by atomic mass is 32.2. The Hall–Kier alpha value is -1.41. The molecule has 7 nitrogen and oxygen atoms in total. The topological polar surface area (TPSA) is 81.6 Å². The van der Waals surface area contributed by atoms with Crippen molar-refractivity contribution in [1.82, 2.24) is 9.97 Å². The number of hydrogen-bond donors (Lipinski definition) is 0. The van der Waals surface area contributed by atoms with Gasteiger partial charge in [0.05, 0.1) is 30.3 Å². The second-order valence-corrected chi connectivity index (χ2v) is 8.39. The van der Waals surface area contributed by atoms with Crippen molar-refractivity contribution in [3.05, 3.63) is 11.5 Å². The summed E-state index contributed by atoms with van der Waals surface area (Å²) in [7, 11) is -3.13. The van der Waals surface area contributed by atoms with Crippen LogP contribution in [-0.2, 0) is 20.3 Å². The Morgan fingerprint density at radius 1 is 1.27 bits per heavy atom. The van der Waals surface area contributed by atoms with Crippen molar-refractivity contribution in [2.24, 2.45) is 0 Å². The smallest absolute Gasteiger partial charge is 0.184 e. The van der Waals surface area contributed by atoms with E-state index in [-0.39, 0.29) is 17.0 Å². The van der Waals surface area contributed by atoms with Gasteiger partial charge < -0.3 is 14.4 Å². The van der Waals surface area contributed by atoms with E-state index in [9.17, 15) is 8.42 Å². The summed E-state index contributed by atoms with van der Waals surface area (Å²) in [5.41, 5.74) is 0.499. The molecular formula is C14H19N3O4S. The highest BCUT2D eigenvalue weighted by molar-refractivity contribution is 7.91. The van der Waals surface area contributed by atoms with Crippen molar-refractivity contribution in [3.8, 4) is 5.75 Å². The van der Waals surface area contributed by atoms with Crippen LogP contribution >= 0.6 is 0 Å². The third-order valence-electron chi connectivity index (χ3n) is 4.32. The van der Waals surface area contributed by atoms with Crippen LogP contribution in [0.25, 0.3) is 0 Å². The van der Waals surface area contributed by atoms with Crippen molar-refractivity contribution in [2.45, 2.75) is 36.8 Å². The summed E-state index contributed by atoms with van der Waals surface area (Å²) in [4.78, 5) is 11.0. The van der Waals surface area contributed by atoms with Crippen LogP contribution in [0.2, 0.25) is 0 Å². The van der Waals surface area contributed by atoms with E-state index in [0.29, 0.717) is 42.9 Å². The molecule has 1 saturated carbocycles. The number of sulfone groups is 1. The number of nitrogens with zero attached hydrogens (tertiary/aromatic N) is 3. The van der Waals surface area contributed by atoms with Crippen molar-refractivity contribution in [2.75, 3.05) is 31.3 Å². The number of anilines is 1. The molecule has 0 N–H and O–H groups in total. The summed E-state index contributed by atoms with van der Waals surface area (Å²) in [6, 6.07) is 0.142. The summed E-state index contributed by atoms with van der Waals surface area (Å²) in [6.07, 6.45) is 1.53. The first-order valence-electron chi connectivity index (χ1n) is 7.61. The number of fused-ring (bicyclic) bond motifs is 3. The van der Waals surface area contributed by atoms with E-state index in [1.807, 2.05) is 0 Å². The fourth-order valence-electron chi connectivity index (χ4n) is 3.03. The highest BCUT2D eigenvalue weighted by Crippen LogP contribution is 2.38. The summed E-state index contributed by atoms with van der Waals surface area (Å²) in [5.74, 6) is 1.77. The lowest BCUT2D eigenvalue weighted by Gasteiger charge is -2.40. The Bertz CT molecular complexity index is 702. The number of morpholine rings is 1. The summed E-state index contributed by atoms with van der Waals surface area (Å²) in [5, 5.41) is -0.196.